The molecule has 0 saturated heterocycles. The standard InChI is InChI=1S/C17H15Cl2N5/c1-10-3-11(2)5-14(4-10)22-17-23-16(9-20-24-17)21-15-7-12(18)6-13(19)8-15/h3-9H,1-2H3,(H2,21,22,23,24). The molecular formula is C17H15Cl2N5. The van der Waals surface area contributed by atoms with Crippen LogP contribution in [-0.2, 0) is 0 Å². The predicted octanol–water partition coefficient (Wildman–Crippen LogP) is 5.28. The van der Waals surface area contributed by atoms with Gasteiger partial charge in [-0.3, -0.25) is 0 Å². The Balaban J connectivity index is 1.81. The van der Waals surface area contributed by atoms with Gasteiger partial charge in [-0.1, -0.05) is 29.3 Å². The summed E-state index contributed by atoms with van der Waals surface area (Å²) in [6, 6.07) is 11.3. The molecule has 1 heterocycles. The minimum Gasteiger partial charge on any atom is -0.339 e. The average molecular weight is 360 g/mol. The molecule has 0 fully saturated rings. The largest absolute Gasteiger partial charge is 0.339 e. The number of anilines is 4. The van der Waals surface area contributed by atoms with E-state index < -0.39 is 0 Å². The summed E-state index contributed by atoms with van der Waals surface area (Å²) in [5.41, 5.74) is 3.96. The van der Waals surface area contributed by atoms with Gasteiger partial charge in [0.05, 0.1) is 6.20 Å². The third-order valence-electron chi connectivity index (χ3n) is 3.17. The van der Waals surface area contributed by atoms with E-state index in [0.717, 1.165) is 22.5 Å². The van der Waals surface area contributed by atoms with Crippen LogP contribution in [0.3, 0.4) is 0 Å². The Hall–Kier alpha value is -2.37. The molecule has 0 bridgehead atoms. The molecule has 3 aromatic rings. The van der Waals surface area contributed by atoms with E-state index in [2.05, 4.69) is 31.9 Å². The summed E-state index contributed by atoms with van der Waals surface area (Å²) in [6.07, 6.45) is 1.53. The maximum Gasteiger partial charge on any atom is 0.249 e. The number of benzene rings is 2. The highest BCUT2D eigenvalue weighted by Crippen LogP contribution is 2.25. The molecule has 3 rings (SSSR count). The minimum absolute atomic E-state index is 0.401. The summed E-state index contributed by atoms with van der Waals surface area (Å²) in [4.78, 5) is 4.40. The Morgan fingerprint density at radius 2 is 1.42 bits per heavy atom. The van der Waals surface area contributed by atoms with E-state index in [9.17, 15) is 0 Å². The van der Waals surface area contributed by atoms with Crippen molar-refractivity contribution >= 4 is 46.3 Å². The quantitative estimate of drug-likeness (QED) is 0.663. The van der Waals surface area contributed by atoms with Crippen molar-refractivity contribution in [2.24, 2.45) is 0 Å². The first kappa shape index (κ1) is 16.5. The highest BCUT2D eigenvalue weighted by molar-refractivity contribution is 6.35. The number of hydrogen-bond donors (Lipinski definition) is 2. The average Bonchev–Trinajstić information content (AvgIpc) is 2.45. The SMILES string of the molecule is Cc1cc(C)cc(Nc2nncc(Nc3cc(Cl)cc(Cl)c3)n2)c1. The first-order chi connectivity index (χ1) is 11.5. The molecule has 0 amide bonds. The van der Waals surface area contributed by atoms with Crippen molar-refractivity contribution in [1.82, 2.24) is 15.2 Å². The number of aryl methyl sites for hydroxylation is 2. The third kappa shape index (κ3) is 4.34. The highest BCUT2D eigenvalue weighted by Gasteiger charge is 2.04. The van der Waals surface area contributed by atoms with Crippen molar-refractivity contribution in [3.8, 4) is 0 Å². The summed E-state index contributed by atoms with van der Waals surface area (Å²) < 4.78 is 0. The molecule has 0 aliphatic carbocycles. The molecule has 2 aromatic carbocycles. The van der Waals surface area contributed by atoms with E-state index in [1.54, 1.807) is 18.2 Å². The molecule has 0 saturated carbocycles. The Bertz CT molecular complexity index is 773. The zero-order valence-electron chi connectivity index (χ0n) is 13.1. The molecule has 0 aliphatic rings. The Morgan fingerprint density at radius 3 is 2.08 bits per heavy atom. The Labute approximate surface area is 150 Å². The molecule has 24 heavy (non-hydrogen) atoms. The van der Waals surface area contributed by atoms with Gasteiger partial charge in [0.1, 0.15) is 0 Å². The lowest BCUT2D eigenvalue weighted by Crippen LogP contribution is -2.02. The topological polar surface area (TPSA) is 62.7 Å². The van der Waals surface area contributed by atoms with Crippen LogP contribution in [-0.4, -0.2) is 15.2 Å². The summed E-state index contributed by atoms with van der Waals surface area (Å²) >= 11 is 12.0. The second-order valence-corrected chi connectivity index (χ2v) is 6.32. The monoisotopic (exact) mass is 359 g/mol. The molecule has 1 aromatic heterocycles. The van der Waals surface area contributed by atoms with Crippen LogP contribution in [0.15, 0.2) is 42.6 Å². The lowest BCUT2D eigenvalue weighted by Gasteiger charge is -2.09. The third-order valence-corrected chi connectivity index (χ3v) is 3.61. The van der Waals surface area contributed by atoms with Crippen molar-refractivity contribution in [2.75, 3.05) is 10.6 Å². The van der Waals surface area contributed by atoms with Crippen LogP contribution in [0.4, 0.5) is 23.1 Å². The number of hydrogen-bond acceptors (Lipinski definition) is 5. The molecule has 2 N–H and O–H groups in total. The zero-order valence-corrected chi connectivity index (χ0v) is 14.7. The van der Waals surface area contributed by atoms with Crippen LogP contribution >= 0.6 is 23.2 Å². The van der Waals surface area contributed by atoms with Crippen LogP contribution in [0.2, 0.25) is 10.0 Å². The Morgan fingerprint density at radius 1 is 0.792 bits per heavy atom. The first-order valence-electron chi connectivity index (χ1n) is 7.26. The van der Waals surface area contributed by atoms with Gasteiger partial charge in [-0.05, 0) is 55.3 Å². The van der Waals surface area contributed by atoms with Crippen molar-refractivity contribution in [3.05, 3.63) is 63.8 Å². The number of nitrogens with zero attached hydrogens (tertiary/aromatic N) is 3. The smallest absolute Gasteiger partial charge is 0.249 e. The number of halogens is 2. The molecule has 122 valence electrons. The maximum absolute atomic E-state index is 6.00. The van der Waals surface area contributed by atoms with Gasteiger partial charge < -0.3 is 10.6 Å². The summed E-state index contributed by atoms with van der Waals surface area (Å²) in [6.45, 7) is 4.08. The van der Waals surface area contributed by atoms with Gasteiger partial charge in [-0.2, -0.15) is 10.1 Å². The summed E-state index contributed by atoms with van der Waals surface area (Å²) in [7, 11) is 0. The van der Waals surface area contributed by atoms with E-state index in [-0.39, 0.29) is 0 Å². The van der Waals surface area contributed by atoms with E-state index in [4.69, 9.17) is 23.2 Å². The van der Waals surface area contributed by atoms with Gasteiger partial charge in [0.25, 0.3) is 0 Å². The van der Waals surface area contributed by atoms with Gasteiger partial charge in [0, 0.05) is 21.4 Å². The fraction of sp³-hybridized carbons (Fsp3) is 0.118. The molecule has 0 unspecified atom stereocenters. The van der Waals surface area contributed by atoms with Gasteiger partial charge in [-0.15, -0.1) is 5.10 Å². The number of nitrogens with one attached hydrogen (secondary N) is 2. The molecule has 0 spiro atoms. The zero-order chi connectivity index (χ0) is 17.1. The first-order valence-corrected chi connectivity index (χ1v) is 8.02. The molecule has 7 heteroatoms. The van der Waals surface area contributed by atoms with Crippen molar-refractivity contribution in [2.45, 2.75) is 13.8 Å². The summed E-state index contributed by atoms with van der Waals surface area (Å²) in [5, 5.41) is 15.3. The summed E-state index contributed by atoms with van der Waals surface area (Å²) in [5.74, 6) is 0.938. The van der Waals surface area contributed by atoms with Crippen molar-refractivity contribution < 1.29 is 0 Å². The van der Waals surface area contributed by atoms with Crippen LogP contribution in [0, 0.1) is 13.8 Å². The van der Waals surface area contributed by atoms with Crippen LogP contribution in [0.5, 0.6) is 0 Å². The van der Waals surface area contributed by atoms with Crippen LogP contribution in [0.1, 0.15) is 11.1 Å². The van der Waals surface area contributed by atoms with Gasteiger partial charge in [0.2, 0.25) is 5.95 Å². The number of rotatable bonds is 4. The molecule has 5 nitrogen and oxygen atoms in total. The fourth-order valence-electron chi connectivity index (χ4n) is 2.37. The minimum atomic E-state index is 0.401. The number of aromatic nitrogens is 3. The van der Waals surface area contributed by atoms with Crippen LogP contribution in [0.25, 0.3) is 0 Å². The molecular weight excluding hydrogens is 345 g/mol. The molecule has 0 radical (unpaired) electrons. The lowest BCUT2D eigenvalue weighted by atomic mass is 10.1. The second-order valence-electron chi connectivity index (χ2n) is 5.45. The maximum atomic E-state index is 6.00. The van der Waals surface area contributed by atoms with Crippen molar-refractivity contribution in [1.29, 1.82) is 0 Å². The lowest BCUT2D eigenvalue weighted by molar-refractivity contribution is 0.982. The van der Waals surface area contributed by atoms with Crippen molar-refractivity contribution in [3.63, 3.8) is 0 Å². The van der Waals surface area contributed by atoms with E-state index in [1.807, 2.05) is 26.0 Å². The van der Waals surface area contributed by atoms with E-state index in [1.165, 1.54) is 6.20 Å². The predicted molar refractivity (Wildman–Crippen MR) is 98.8 cm³/mol. The molecule has 0 aliphatic heterocycles. The van der Waals surface area contributed by atoms with E-state index >= 15 is 0 Å². The Kier molecular flexibility index (Phi) is 4.83. The van der Waals surface area contributed by atoms with Crippen LogP contribution < -0.4 is 10.6 Å². The van der Waals surface area contributed by atoms with E-state index in [0.29, 0.717) is 21.8 Å². The highest BCUT2D eigenvalue weighted by atomic mass is 35.5. The normalized spacial score (nSPS) is 10.5. The molecule has 0 atom stereocenters. The fourth-order valence-corrected chi connectivity index (χ4v) is 2.89. The van der Waals surface area contributed by atoms with Gasteiger partial charge in [0.15, 0.2) is 5.82 Å². The van der Waals surface area contributed by atoms with Gasteiger partial charge >= 0.3 is 0 Å². The second kappa shape index (κ2) is 7.03. The van der Waals surface area contributed by atoms with Gasteiger partial charge in [-0.25, -0.2) is 0 Å².